The lowest BCUT2D eigenvalue weighted by atomic mass is 10.1. The van der Waals surface area contributed by atoms with Crippen LogP contribution < -0.4 is 9.47 Å². The fourth-order valence-electron chi connectivity index (χ4n) is 3.74. The van der Waals surface area contributed by atoms with Gasteiger partial charge in [-0.05, 0) is 47.0 Å². The number of fused-ring (bicyclic) bond motifs is 3. The zero-order valence-corrected chi connectivity index (χ0v) is 17.7. The average molecular weight is 432 g/mol. The van der Waals surface area contributed by atoms with E-state index in [2.05, 4.69) is 0 Å². The second-order valence-corrected chi connectivity index (χ2v) is 7.54. The number of aliphatic carboxylic acids is 1. The molecule has 0 unspecified atom stereocenters. The van der Waals surface area contributed by atoms with Crippen molar-refractivity contribution in [2.75, 3.05) is 20.3 Å². The van der Waals surface area contributed by atoms with Crippen LogP contribution in [0.15, 0.2) is 66.7 Å². The third kappa shape index (κ3) is 4.65. The number of carbonyl (C=O) groups excluding carboxylic acids is 1. The zero-order chi connectivity index (χ0) is 22.5. The SMILES string of the molecule is CO[C@H](Cc1ccc(OCCCOc2ccc3c(c2)C(=O)c2ccccc2-3)cc1)C(=O)O. The van der Waals surface area contributed by atoms with Gasteiger partial charge in [-0.1, -0.05) is 36.4 Å². The van der Waals surface area contributed by atoms with Crippen molar-refractivity contribution in [2.45, 2.75) is 18.9 Å². The molecule has 0 bridgehead atoms. The van der Waals surface area contributed by atoms with Crippen LogP contribution in [-0.2, 0) is 16.0 Å². The van der Waals surface area contributed by atoms with Gasteiger partial charge in [0.05, 0.1) is 13.2 Å². The monoisotopic (exact) mass is 432 g/mol. The molecule has 1 N–H and O–H groups in total. The van der Waals surface area contributed by atoms with Crippen molar-refractivity contribution in [3.63, 3.8) is 0 Å². The van der Waals surface area contributed by atoms with Crippen molar-refractivity contribution < 1.29 is 28.9 Å². The number of benzene rings is 3. The summed E-state index contributed by atoms with van der Waals surface area (Å²) in [5, 5.41) is 9.06. The molecule has 0 heterocycles. The van der Waals surface area contributed by atoms with Crippen molar-refractivity contribution in [1.82, 2.24) is 0 Å². The fourth-order valence-corrected chi connectivity index (χ4v) is 3.74. The first-order valence-corrected chi connectivity index (χ1v) is 10.4. The molecular formula is C26H24O6. The van der Waals surface area contributed by atoms with E-state index in [0.29, 0.717) is 43.1 Å². The summed E-state index contributed by atoms with van der Waals surface area (Å²) in [5.41, 5.74) is 4.20. The second-order valence-electron chi connectivity index (χ2n) is 7.54. The smallest absolute Gasteiger partial charge is 0.333 e. The summed E-state index contributed by atoms with van der Waals surface area (Å²) >= 11 is 0. The average Bonchev–Trinajstić information content (AvgIpc) is 3.10. The van der Waals surface area contributed by atoms with E-state index in [1.165, 1.54) is 7.11 Å². The van der Waals surface area contributed by atoms with E-state index in [1.807, 2.05) is 66.7 Å². The van der Waals surface area contributed by atoms with E-state index < -0.39 is 12.1 Å². The minimum Gasteiger partial charge on any atom is -0.493 e. The molecule has 1 aliphatic rings. The maximum atomic E-state index is 12.6. The topological polar surface area (TPSA) is 82.1 Å². The van der Waals surface area contributed by atoms with Crippen LogP contribution in [-0.4, -0.2) is 43.3 Å². The van der Waals surface area contributed by atoms with E-state index in [0.717, 1.165) is 22.3 Å². The Morgan fingerprint density at radius 3 is 2.16 bits per heavy atom. The van der Waals surface area contributed by atoms with Gasteiger partial charge in [0.15, 0.2) is 11.9 Å². The first-order chi connectivity index (χ1) is 15.6. The van der Waals surface area contributed by atoms with Crippen molar-refractivity contribution in [1.29, 1.82) is 0 Å². The Hall–Kier alpha value is -3.64. The quantitative estimate of drug-likeness (QED) is 0.374. The number of carboxylic acids is 1. The van der Waals surface area contributed by atoms with Gasteiger partial charge in [0, 0.05) is 31.1 Å². The van der Waals surface area contributed by atoms with Crippen LogP contribution in [0.3, 0.4) is 0 Å². The predicted molar refractivity (Wildman–Crippen MR) is 119 cm³/mol. The van der Waals surface area contributed by atoms with Crippen LogP contribution in [0.2, 0.25) is 0 Å². The third-order valence-electron chi connectivity index (χ3n) is 5.43. The highest BCUT2D eigenvalue weighted by Gasteiger charge is 2.26. The molecule has 3 aromatic carbocycles. The lowest BCUT2D eigenvalue weighted by Gasteiger charge is -2.11. The van der Waals surface area contributed by atoms with E-state index in [4.69, 9.17) is 19.3 Å². The number of hydrogen-bond acceptors (Lipinski definition) is 5. The molecule has 0 radical (unpaired) electrons. The number of rotatable bonds is 10. The molecule has 0 fully saturated rings. The molecule has 0 saturated carbocycles. The normalized spacial score (nSPS) is 12.7. The Morgan fingerprint density at radius 2 is 1.47 bits per heavy atom. The third-order valence-corrected chi connectivity index (χ3v) is 5.43. The van der Waals surface area contributed by atoms with Gasteiger partial charge in [0.2, 0.25) is 0 Å². The van der Waals surface area contributed by atoms with Gasteiger partial charge in [-0.25, -0.2) is 4.79 Å². The number of hydrogen-bond donors (Lipinski definition) is 1. The maximum Gasteiger partial charge on any atom is 0.333 e. The summed E-state index contributed by atoms with van der Waals surface area (Å²) in [6.45, 7) is 0.941. The Morgan fingerprint density at radius 1 is 0.844 bits per heavy atom. The Balaban J connectivity index is 1.24. The van der Waals surface area contributed by atoms with Gasteiger partial charge >= 0.3 is 5.97 Å². The Kier molecular flexibility index (Phi) is 6.52. The van der Waals surface area contributed by atoms with E-state index in [1.54, 1.807) is 0 Å². The number of carbonyl (C=O) groups is 2. The van der Waals surface area contributed by atoms with Crippen LogP contribution in [0.5, 0.6) is 11.5 Å². The summed E-state index contributed by atoms with van der Waals surface area (Å²) in [6, 6.07) is 20.6. The molecule has 0 saturated heterocycles. The maximum absolute atomic E-state index is 12.6. The molecule has 0 aliphatic heterocycles. The molecule has 3 aromatic rings. The fraction of sp³-hybridized carbons (Fsp3) is 0.231. The van der Waals surface area contributed by atoms with Crippen LogP contribution in [0.4, 0.5) is 0 Å². The van der Waals surface area contributed by atoms with Crippen molar-refractivity contribution in [2.24, 2.45) is 0 Å². The van der Waals surface area contributed by atoms with Gasteiger partial charge in [0.25, 0.3) is 0 Å². The highest BCUT2D eigenvalue weighted by Crippen LogP contribution is 2.38. The molecule has 1 atom stereocenters. The summed E-state index contributed by atoms with van der Waals surface area (Å²) in [5.74, 6) is 0.428. The van der Waals surface area contributed by atoms with Gasteiger partial charge in [-0.15, -0.1) is 0 Å². The minimum atomic E-state index is -0.981. The summed E-state index contributed by atoms with van der Waals surface area (Å²) in [4.78, 5) is 23.6. The van der Waals surface area contributed by atoms with Crippen LogP contribution in [0.25, 0.3) is 11.1 Å². The lowest BCUT2D eigenvalue weighted by molar-refractivity contribution is -0.148. The lowest BCUT2D eigenvalue weighted by Crippen LogP contribution is -2.24. The minimum absolute atomic E-state index is 0.0352. The van der Waals surface area contributed by atoms with Crippen LogP contribution in [0, 0.1) is 0 Å². The van der Waals surface area contributed by atoms with E-state index in [-0.39, 0.29) is 5.78 Å². The Bertz CT molecular complexity index is 1120. The van der Waals surface area contributed by atoms with Gasteiger partial charge in [-0.2, -0.15) is 0 Å². The molecule has 6 nitrogen and oxygen atoms in total. The summed E-state index contributed by atoms with van der Waals surface area (Å²) in [6.07, 6.45) is 0.120. The molecule has 4 rings (SSSR count). The molecule has 0 aromatic heterocycles. The standard InChI is InChI=1S/C26H24O6/c1-30-24(26(28)29)15-17-7-9-18(10-8-17)31-13-4-14-32-19-11-12-21-20-5-2-3-6-22(20)25(27)23(21)16-19/h2-3,5-12,16,24H,4,13-15H2,1H3,(H,28,29)/t24-/m1/s1. The zero-order valence-electron chi connectivity index (χ0n) is 17.7. The molecule has 6 heteroatoms. The van der Waals surface area contributed by atoms with E-state index in [9.17, 15) is 9.59 Å². The van der Waals surface area contributed by atoms with E-state index >= 15 is 0 Å². The Labute approximate surface area is 186 Å². The molecule has 164 valence electrons. The number of ether oxygens (including phenoxy) is 3. The first kappa shape index (κ1) is 21.6. The highest BCUT2D eigenvalue weighted by molar-refractivity contribution is 6.21. The molecule has 0 spiro atoms. The van der Waals surface area contributed by atoms with Gasteiger partial charge in [0.1, 0.15) is 11.5 Å². The molecule has 32 heavy (non-hydrogen) atoms. The van der Waals surface area contributed by atoms with Crippen LogP contribution >= 0.6 is 0 Å². The number of ketones is 1. The number of carboxylic acid groups (broad SMARTS) is 1. The van der Waals surface area contributed by atoms with Crippen molar-refractivity contribution in [3.05, 3.63) is 83.4 Å². The van der Waals surface area contributed by atoms with Crippen molar-refractivity contribution >= 4 is 11.8 Å². The van der Waals surface area contributed by atoms with Gasteiger partial charge in [-0.3, -0.25) is 4.79 Å². The number of methoxy groups -OCH3 is 1. The van der Waals surface area contributed by atoms with Crippen LogP contribution in [0.1, 0.15) is 27.9 Å². The van der Waals surface area contributed by atoms with Gasteiger partial charge < -0.3 is 19.3 Å². The first-order valence-electron chi connectivity index (χ1n) is 10.4. The molecular weight excluding hydrogens is 408 g/mol. The largest absolute Gasteiger partial charge is 0.493 e. The molecule has 1 aliphatic carbocycles. The summed E-state index contributed by atoms with van der Waals surface area (Å²) < 4.78 is 16.5. The highest BCUT2D eigenvalue weighted by atomic mass is 16.5. The summed E-state index contributed by atoms with van der Waals surface area (Å²) in [7, 11) is 1.39. The predicted octanol–water partition coefficient (Wildman–Crippen LogP) is 4.39. The van der Waals surface area contributed by atoms with Crippen molar-refractivity contribution in [3.8, 4) is 22.6 Å². The second kappa shape index (κ2) is 9.66. The molecule has 0 amide bonds.